The van der Waals surface area contributed by atoms with Crippen LogP contribution in [0.5, 0.6) is 0 Å². The van der Waals surface area contributed by atoms with Crippen LogP contribution >= 0.6 is 22.9 Å². The number of sulfonamides is 1. The fourth-order valence-corrected chi connectivity index (χ4v) is 5.53. The second-order valence-electron chi connectivity index (χ2n) is 6.96. The Balaban J connectivity index is 1.29. The standard InChI is InChI=1S/C20H20ClN5O3S2/c21-16-6-8-17(9-7-16)31(28,29)26-12-10-25(11-13-26)14-18(27)22-20-24-23-19(30-20)15-4-2-1-3-5-15/h1-9H,10-14H2,(H,22,24,27). The molecular formula is C20H20ClN5O3S2. The van der Waals surface area contributed by atoms with Gasteiger partial charge in [-0.25, -0.2) is 8.42 Å². The highest BCUT2D eigenvalue weighted by molar-refractivity contribution is 7.89. The minimum atomic E-state index is -3.57. The van der Waals surface area contributed by atoms with Crippen LogP contribution < -0.4 is 5.32 Å². The molecule has 31 heavy (non-hydrogen) atoms. The summed E-state index contributed by atoms with van der Waals surface area (Å²) in [7, 11) is -3.57. The van der Waals surface area contributed by atoms with Gasteiger partial charge in [-0.1, -0.05) is 53.3 Å². The maximum absolute atomic E-state index is 12.8. The molecule has 0 atom stereocenters. The largest absolute Gasteiger partial charge is 0.299 e. The summed E-state index contributed by atoms with van der Waals surface area (Å²) >= 11 is 7.15. The first-order valence-electron chi connectivity index (χ1n) is 9.59. The number of halogens is 1. The van der Waals surface area contributed by atoms with Gasteiger partial charge in [-0.15, -0.1) is 10.2 Å². The average Bonchev–Trinajstić information content (AvgIpc) is 3.23. The number of anilines is 1. The molecule has 1 aliphatic heterocycles. The van der Waals surface area contributed by atoms with E-state index in [-0.39, 0.29) is 17.3 Å². The number of hydrogen-bond donors (Lipinski definition) is 1. The third-order valence-corrected chi connectivity index (χ3v) is 7.89. The van der Waals surface area contributed by atoms with Crippen molar-refractivity contribution in [1.29, 1.82) is 0 Å². The molecule has 2 aromatic carbocycles. The topological polar surface area (TPSA) is 95.5 Å². The Morgan fingerprint density at radius 1 is 1.00 bits per heavy atom. The number of aromatic nitrogens is 2. The van der Waals surface area contributed by atoms with Crippen LogP contribution in [0, 0.1) is 0 Å². The summed E-state index contributed by atoms with van der Waals surface area (Å²) in [5, 5.41) is 12.6. The second kappa shape index (κ2) is 9.41. The molecule has 1 saturated heterocycles. The van der Waals surface area contributed by atoms with Crippen molar-refractivity contribution in [1.82, 2.24) is 19.4 Å². The predicted molar refractivity (Wildman–Crippen MR) is 121 cm³/mol. The molecule has 1 N–H and O–H groups in total. The first-order valence-corrected chi connectivity index (χ1v) is 12.2. The Morgan fingerprint density at radius 3 is 2.35 bits per heavy atom. The van der Waals surface area contributed by atoms with Crippen molar-refractivity contribution in [2.45, 2.75) is 4.90 Å². The lowest BCUT2D eigenvalue weighted by atomic mass is 10.2. The van der Waals surface area contributed by atoms with E-state index >= 15 is 0 Å². The van der Waals surface area contributed by atoms with Gasteiger partial charge >= 0.3 is 0 Å². The van der Waals surface area contributed by atoms with Crippen LogP contribution in [0.3, 0.4) is 0 Å². The van der Waals surface area contributed by atoms with Crippen molar-refractivity contribution in [3.8, 4) is 10.6 Å². The molecule has 3 aromatic rings. The first kappa shape index (κ1) is 21.8. The van der Waals surface area contributed by atoms with Gasteiger partial charge in [0.2, 0.25) is 21.1 Å². The lowest BCUT2D eigenvalue weighted by molar-refractivity contribution is -0.117. The lowest BCUT2D eigenvalue weighted by Crippen LogP contribution is -2.50. The number of carbonyl (C=O) groups is 1. The Morgan fingerprint density at radius 2 is 1.68 bits per heavy atom. The Kier molecular flexibility index (Phi) is 6.63. The Hall–Kier alpha value is -2.37. The summed E-state index contributed by atoms with van der Waals surface area (Å²) < 4.78 is 27.0. The van der Waals surface area contributed by atoms with E-state index < -0.39 is 10.0 Å². The molecule has 2 heterocycles. The minimum Gasteiger partial charge on any atom is -0.299 e. The van der Waals surface area contributed by atoms with Gasteiger partial charge in [0.1, 0.15) is 5.01 Å². The normalized spacial score (nSPS) is 15.6. The average molecular weight is 478 g/mol. The zero-order chi connectivity index (χ0) is 21.8. The molecule has 0 saturated carbocycles. The number of nitrogens with one attached hydrogen (secondary N) is 1. The number of carbonyl (C=O) groups excluding carboxylic acids is 1. The molecule has 11 heteroatoms. The summed E-state index contributed by atoms with van der Waals surface area (Å²) in [5.74, 6) is -0.204. The zero-order valence-electron chi connectivity index (χ0n) is 16.4. The van der Waals surface area contributed by atoms with E-state index in [9.17, 15) is 13.2 Å². The van der Waals surface area contributed by atoms with E-state index in [4.69, 9.17) is 11.6 Å². The van der Waals surface area contributed by atoms with Crippen LogP contribution in [0.4, 0.5) is 5.13 Å². The lowest BCUT2D eigenvalue weighted by Gasteiger charge is -2.33. The summed E-state index contributed by atoms with van der Waals surface area (Å²) in [6, 6.07) is 15.8. The van der Waals surface area contributed by atoms with E-state index in [1.807, 2.05) is 35.2 Å². The fraction of sp³-hybridized carbons (Fsp3) is 0.250. The summed E-state index contributed by atoms with van der Waals surface area (Å²) in [5.41, 5.74) is 0.943. The molecule has 162 valence electrons. The van der Waals surface area contributed by atoms with E-state index in [0.717, 1.165) is 10.6 Å². The molecule has 4 rings (SSSR count). The van der Waals surface area contributed by atoms with Gasteiger partial charge < -0.3 is 0 Å². The number of amides is 1. The fourth-order valence-electron chi connectivity index (χ4n) is 3.22. The second-order valence-corrected chi connectivity index (χ2v) is 10.3. The molecule has 8 nitrogen and oxygen atoms in total. The summed E-state index contributed by atoms with van der Waals surface area (Å²) in [4.78, 5) is 14.5. The first-order chi connectivity index (χ1) is 14.9. The highest BCUT2D eigenvalue weighted by atomic mass is 35.5. The van der Waals surface area contributed by atoms with Crippen molar-refractivity contribution >= 4 is 44.0 Å². The van der Waals surface area contributed by atoms with Crippen molar-refractivity contribution in [2.24, 2.45) is 0 Å². The van der Waals surface area contributed by atoms with E-state index in [0.29, 0.717) is 36.3 Å². The third kappa shape index (κ3) is 5.28. The minimum absolute atomic E-state index is 0.162. The van der Waals surface area contributed by atoms with Gasteiger partial charge in [0.15, 0.2) is 0 Å². The maximum atomic E-state index is 12.8. The molecule has 0 radical (unpaired) electrons. The van der Waals surface area contributed by atoms with Gasteiger partial charge in [0.05, 0.1) is 11.4 Å². The summed E-state index contributed by atoms with van der Waals surface area (Å²) in [6.45, 7) is 1.72. The van der Waals surface area contributed by atoms with Crippen molar-refractivity contribution < 1.29 is 13.2 Å². The SMILES string of the molecule is O=C(CN1CCN(S(=O)(=O)c2ccc(Cl)cc2)CC1)Nc1nnc(-c2ccccc2)s1. The molecule has 1 fully saturated rings. The molecular weight excluding hydrogens is 458 g/mol. The Bertz CT molecular complexity index is 1150. The monoisotopic (exact) mass is 477 g/mol. The molecule has 0 aliphatic carbocycles. The predicted octanol–water partition coefficient (Wildman–Crippen LogP) is 2.80. The van der Waals surface area contributed by atoms with Crippen molar-refractivity contribution in [3.05, 3.63) is 59.6 Å². The van der Waals surface area contributed by atoms with Crippen LogP contribution in [0.15, 0.2) is 59.5 Å². The van der Waals surface area contributed by atoms with E-state index in [2.05, 4.69) is 15.5 Å². The van der Waals surface area contributed by atoms with Gasteiger partial charge in [0.25, 0.3) is 0 Å². The third-order valence-electron chi connectivity index (χ3n) is 4.84. The van der Waals surface area contributed by atoms with Gasteiger partial charge in [0, 0.05) is 36.8 Å². The van der Waals surface area contributed by atoms with Crippen LogP contribution in [0.2, 0.25) is 5.02 Å². The molecule has 0 bridgehead atoms. The highest BCUT2D eigenvalue weighted by Crippen LogP contribution is 2.26. The molecule has 1 aliphatic rings. The van der Waals surface area contributed by atoms with Crippen LogP contribution in [0.1, 0.15) is 0 Å². The smallest absolute Gasteiger partial charge is 0.243 e. The van der Waals surface area contributed by atoms with Gasteiger partial charge in [-0.05, 0) is 24.3 Å². The number of piperazine rings is 1. The van der Waals surface area contributed by atoms with Gasteiger partial charge in [-0.2, -0.15) is 4.31 Å². The van der Waals surface area contributed by atoms with E-state index in [1.165, 1.54) is 27.8 Å². The number of hydrogen-bond acceptors (Lipinski definition) is 7. The van der Waals surface area contributed by atoms with Crippen molar-refractivity contribution in [3.63, 3.8) is 0 Å². The maximum Gasteiger partial charge on any atom is 0.243 e. The number of benzene rings is 2. The van der Waals surface area contributed by atoms with Crippen LogP contribution in [0.25, 0.3) is 10.6 Å². The van der Waals surface area contributed by atoms with Gasteiger partial charge in [-0.3, -0.25) is 15.0 Å². The number of rotatable bonds is 6. The van der Waals surface area contributed by atoms with Crippen LogP contribution in [-0.4, -0.2) is 66.5 Å². The molecule has 0 unspecified atom stereocenters. The molecule has 1 amide bonds. The Labute approximate surface area is 189 Å². The number of nitrogens with zero attached hydrogens (tertiary/aromatic N) is 4. The molecule has 1 aromatic heterocycles. The van der Waals surface area contributed by atoms with E-state index in [1.54, 1.807) is 12.1 Å². The van der Waals surface area contributed by atoms with Crippen molar-refractivity contribution in [2.75, 3.05) is 38.0 Å². The quantitative estimate of drug-likeness (QED) is 0.586. The zero-order valence-corrected chi connectivity index (χ0v) is 18.8. The highest BCUT2D eigenvalue weighted by Gasteiger charge is 2.29. The van der Waals surface area contributed by atoms with Crippen LogP contribution in [-0.2, 0) is 14.8 Å². The molecule has 0 spiro atoms. The summed E-state index contributed by atoms with van der Waals surface area (Å²) in [6.07, 6.45) is 0.